The van der Waals surface area contributed by atoms with E-state index in [0.717, 1.165) is 11.3 Å². The summed E-state index contributed by atoms with van der Waals surface area (Å²) in [4.78, 5) is 2.04. The van der Waals surface area contributed by atoms with Gasteiger partial charge in [-0.2, -0.15) is 0 Å². The first kappa shape index (κ1) is 21.0. The zero-order chi connectivity index (χ0) is 19.5. The lowest BCUT2D eigenvalue weighted by Crippen LogP contribution is -2.32. The highest BCUT2D eigenvalue weighted by molar-refractivity contribution is 5.43. The Balaban J connectivity index is 1.84. The maximum atomic E-state index is 10.2. The fourth-order valence-corrected chi connectivity index (χ4v) is 2.67. The van der Waals surface area contributed by atoms with Gasteiger partial charge >= 0.3 is 0 Å². The van der Waals surface area contributed by atoms with E-state index in [1.165, 1.54) is 0 Å². The van der Waals surface area contributed by atoms with Crippen LogP contribution in [0.3, 0.4) is 0 Å². The smallest absolute Gasteiger partial charge is 0.161 e. The Morgan fingerprint density at radius 3 is 2.44 bits per heavy atom. The highest BCUT2D eigenvalue weighted by Crippen LogP contribution is 2.28. The van der Waals surface area contributed by atoms with Gasteiger partial charge in [-0.15, -0.1) is 0 Å². The third-order valence-corrected chi connectivity index (χ3v) is 3.93. The van der Waals surface area contributed by atoms with E-state index in [1.54, 1.807) is 14.2 Å². The van der Waals surface area contributed by atoms with Gasteiger partial charge in [-0.05, 0) is 36.9 Å². The summed E-state index contributed by atoms with van der Waals surface area (Å²) < 4.78 is 21.7. The highest BCUT2D eigenvalue weighted by Gasteiger charge is 2.12. The predicted octanol–water partition coefficient (Wildman–Crippen LogP) is 2.59. The monoisotopic (exact) mass is 375 g/mol. The molecule has 0 aliphatic heterocycles. The number of likely N-dealkylation sites (N-methyl/N-ethyl adjacent to an activating group) is 1. The maximum absolute atomic E-state index is 10.2. The number of ether oxygens (including phenoxy) is 4. The summed E-state index contributed by atoms with van der Waals surface area (Å²) >= 11 is 0. The molecule has 0 amide bonds. The first-order valence-corrected chi connectivity index (χ1v) is 8.95. The van der Waals surface area contributed by atoms with Crippen LogP contribution < -0.4 is 14.2 Å². The molecule has 148 valence electrons. The molecule has 1 unspecified atom stereocenters. The van der Waals surface area contributed by atoms with Crippen molar-refractivity contribution < 1.29 is 24.1 Å². The van der Waals surface area contributed by atoms with Crippen LogP contribution in [0.15, 0.2) is 48.5 Å². The summed E-state index contributed by atoms with van der Waals surface area (Å²) in [6.07, 6.45) is -0.578. The fraction of sp³-hybridized carbons (Fsp3) is 0.429. The lowest BCUT2D eigenvalue weighted by Gasteiger charge is -2.21. The molecule has 0 aromatic heterocycles. The van der Waals surface area contributed by atoms with Crippen LogP contribution in [0.1, 0.15) is 5.56 Å². The van der Waals surface area contributed by atoms with Gasteiger partial charge in [0.05, 0.1) is 13.7 Å². The van der Waals surface area contributed by atoms with Crippen molar-refractivity contribution in [3.8, 4) is 17.2 Å². The molecule has 0 saturated heterocycles. The Labute approximate surface area is 161 Å². The minimum Gasteiger partial charge on any atom is -0.493 e. The van der Waals surface area contributed by atoms with Crippen molar-refractivity contribution in [3.63, 3.8) is 0 Å². The van der Waals surface area contributed by atoms with Crippen LogP contribution in [0.5, 0.6) is 17.2 Å². The second-order valence-corrected chi connectivity index (χ2v) is 6.30. The minimum absolute atomic E-state index is 0.252. The molecule has 1 N–H and O–H groups in total. The van der Waals surface area contributed by atoms with E-state index in [1.807, 2.05) is 60.5 Å². The zero-order valence-electron chi connectivity index (χ0n) is 16.3. The number of aliphatic hydroxyl groups excluding tert-OH is 1. The normalized spacial score (nSPS) is 12.0. The van der Waals surface area contributed by atoms with Crippen molar-refractivity contribution in [3.05, 3.63) is 54.1 Å². The van der Waals surface area contributed by atoms with Crippen LogP contribution in [0.25, 0.3) is 0 Å². The summed E-state index contributed by atoms with van der Waals surface area (Å²) in [6.45, 7) is 2.40. The van der Waals surface area contributed by atoms with Gasteiger partial charge in [0.15, 0.2) is 11.5 Å². The van der Waals surface area contributed by atoms with Gasteiger partial charge in [0.2, 0.25) is 0 Å². The molecular formula is C21H29NO5. The van der Waals surface area contributed by atoms with Gasteiger partial charge < -0.3 is 24.1 Å². The molecule has 6 heteroatoms. The molecule has 0 aliphatic carbocycles. The Morgan fingerprint density at radius 1 is 0.963 bits per heavy atom. The predicted molar refractivity (Wildman–Crippen MR) is 105 cm³/mol. The number of nitrogens with zero attached hydrogens (tertiary/aromatic N) is 1. The Bertz CT molecular complexity index is 665. The number of aliphatic hydroxyl groups is 1. The van der Waals surface area contributed by atoms with Crippen LogP contribution in [0.2, 0.25) is 0 Å². The van der Waals surface area contributed by atoms with Gasteiger partial charge in [-0.3, -0.25) is 4.90 Å². The Hall–Kier alpha value is -2.28. The van der Waals surface area contributed by atoms with Crippen molar-refractivity contribution >= 4 is 0 Å². The minimum atomic E-state index is -0.578. The fourth-order valence-electron chi connectivity index (χ4n) is 2.67. The summed E-state index contributed by atoms with van der Waals surface area (Å²) in [5.74, 6) is 2.13. The van der Waals surface area contributed by atoms with E-state index in [4.69, 9.17) is 18.9 Å². The second kappa shape index (κ2) is 11.4. The highest BCUT2D eigenvalue weighted by atomic mass is 16.5. The summed E-state index contributed by atoms with van der Waals surface area (Å²) in [6, 6.07) is 15.3. The second-order valence-electron chi connectivity index (χ2n) is 6.30. The Morgan fingerprint density at radius 2 is 1.74 bits per heavy atom. The van der Waals surface area contributed by atoms with Gasteiger partial charge in [0.1, 0.15) is 25.1 Å². The molecule has 0 radical (unpaired) electrons. The molecule has 27 heavy (non-hydrogen) atoms. The SMILES string of the molecule is COCCOc1cc(CN(C)CC(O)COc2ccccc2)ccc1OC. The molecule has 2 aromatic carbocycles. The molecule has 0 heterocycles. The van der Waals surface area contributed by atoms with E-state index >= 15 is 0 Å². The average Bonchev–Trinajstić information content (AvgIpc) is 2.67. The van der Waals surface area contributed by atoms with Crippen LogP contribution in [-0.2, 0) is 11.3 Å². The number of rotatable bonds is 12. The van der Waals surface area contributed by atoms with Gasteiger partial charge in [0.25, 0.3) is 0 Å². The molecule has 0 aliphatic rings. The average molecular weight is 375 g/mol. The summed E-state index contributed by atoms with van der Waals surface area (Å²) in [7, 11) is 5.22. The van der Waals surface area contributed by atoms with E-state index in [0.29, 0.717) is 37.8 Å². The zero-order valence-corrected chi connectivity index (χ0v) is 16.3. The number of hydrogen-bond acceptors (Lipinski definition) is 6. The lowest BCUT2D eigenvalue weighted by atomic mass is 10.2. The van der Waals surface area contributed by atoms with Crippen LogP contribution in [0, 0.1) is 0 Å². The number of methoxy groups -OCH3 is 2. The molecule has 0 fully saturated rings. The standard InChI is InChI=1S/C21H29NO5/c1-22(15-18(23)16-27-19-7-5-4-6-8-19)14-17-9-10-20(25-3)21(13-17)26-12-11-24-2/h4-10,13,18,23H,11-12,14-16H2,1-3H3. The van der Waals surface area contributed by atoms with Gasteiger partial charge in [0, 0.05) is 20.2 Å². The van der Waals surface area contributed by atoms with Crippen LogP contribution in [-0.4, -0.2) is 63.7 Å². The van der Waals surface area contributed by atoms with E-state index in [9.17, 15) is 5.11 Å². The largest absolute Gasteiger partial charge is 0.493 e. The molecule has 2 rings (SSSR count). The van der Waals surface area contributed by atoms with E-state index in [-0.39, 0.29) is 6.61 Å². The Kier molecular flexibility index (Phi) is 8.91. The molecule has 0 bridgehead atoms. The van der Waals surface area contributed by atoms with Gasteiger partial charge in [-0.25, -0.2) is 0 Å². The first-order chi connectivity index (χ1) is 13.1. The quantitative estimate of drug-likeness (QED) is 0.576. The van der Waals surface area contributed by atoms with Crippen molar-refractivity contribution in [2.75, 3.05) is 47.6 Å². The third kappa shape index (κ3) is 7.46. The summed E-state index contributed by atoms with van der Waals surface area (Å²) in [5.41, 5.74) is 1.07. The molecule has 0 spiro atoms. The van der Waals surface area contributed by atoms with Crippen molar-refractivity contribution in [1.29, 1.82) is 0 Å². The maximum Gasteiger partial charge on any atom is 0.161 e. The summed E-state index contributed by atoms with van der Waals surface area (Å²) in [5, 5.41) is 10.2. The molecule has 1 atom stereocenters. The van der Waals surface area contributed by atoms with Crippen LogP contribution >= 0.6 is 0 Å². The molecule has 0 saturated carbocycles. The van der Waals surface area contributed by atoms with E-state index in [2.05, 4.69) is 0 Å². The first-order valence-electron chi connectivity index (χ1n) is 8.95. The molecular weight excluding hydrogens is 346 g/mol. The number of benzene rings is 2. The molecule has 6 nitrogen and oxygen atoms in total. The third-order valence-electron chi connectivity index (χ3n) is 3.93. The number of para-hydroxylation sites is 1. The van der Waals surface area contributed by atoms with E-state index < -0.39 is 6.10 Å². The number of hydrogen-bond donors (Lipinski definition) is 1. The topological polar surface area (TPSA) is 60.4 Å². The van der Waals surface area contributed by atoms with Crippen LogP contribution in [0.4, 0.5) is 0 Å². The van der Waals surface area contributed by atoms with Gasteiger partial charge in [-0.1, -0.05) is 24.3 Å². The lowest BCUT2D eigenvalue weighted by molar-refractivity contribution is 0.0743. The molecule has 2 aromatic rings. The van der Waals surface area contributed by atoms with Crippen molar-refractivity contribution in [2.24, 2.45) is 0 Å². The van der Waals surface area contributed by atoms with Crippen molar-refractivity contribution in [2.45, 2.75) is 12.6 Å². The van der Waals surface area contributed by atoms with Crippen molar-refractivity contribution in [1.82, 2.24) is 4.90 Å².